The second-order valence-electron chi connectivity index (χ2n) is 4.57. The van der Waals surface area contributed by atoms with Gasteiger partial charge in [0.15, 0.2) is 5.82 Å². The zero-order valence-corrected chi connectivity index (χ0v) is 11.3. The molecule has 2 rings (SSSR count). The maximum Gasteiger partial charge on any atom is 0.157 e. The van der Waals surface area contributed by atoms with Crippen molar-refractivity contribution in [3.8, 4) is 6.07 Å². The van der Waals surface area contributed by atoms with Gasteiger partial charge in [-0.1, -0.05) is 12.8 Å². The quantitative estimate of drug-likeness (QED) is 0.869. The summed E-state index contributed by atoms with van der Waals surface area (Å²) in [5.41, 5.74) is 6.10. The maximum absolute atomic E-state index is 8.96. The number of hydrogen-bond donors (Lipinski definition) is 2. The molecule has 6 heteroatoms. The topological polar surface area (TPSA) is 78.0 Å². The van der Waals surface area contributed by atoms with Crippen LogP contribution in [0.2, 0.25) is 0 Å². The van der Waals surface area contributed by atoms with Gasteiger partial charge < -0.3 is 16.0 Å². The Labute approximate surface area is 112 Å². The molecular weight excluding hydrogens is 246 g/mol. The van der Waals surface area contributed by atoms with E-state index in [0.29, 0.717) is 11.4 Å². The van der Waals surface area contributed by atoms with Crippen LogP contribution in [0.1, 0.15) is 31.2 Å². The summed E-state index contributed by atoms with van der Waals surface area (Å²) >= 11 is 1.26. The van der Waals surface area contributed by atoms with Crippen molar-refractivity contribution in [3.63, 3.8) is 0 Å². The molecule has 1 aliphatic rings. The van der Waals surface area contributed by atoms with Crippen LogP contribution >= 0.6 is 11.5 Å². The molecule has 3 N–H and O–H groups in total. The summed E-state index contributed by atoms with van der Waals surface area (Å²) in [6.45, 7) is 4.24. The Balaban J connectivity index is 1.79. The normalized spacial score (nSPS) is 17.1. The highest BCUT2D eigenvalue weighted by molar-refractivity contribution is 7.10. The standard InChI is InChI=1S/C12H19N5S/c13-9-10-11(14)16-18-12(10)15-5-8-17-6-3-1-2-4-7-17/h15H,1-8H2,(H2,14,16). The smallest absolute Gasteiger partial charge is 0.157 e. The molecule has 1 saturated heterocycles. The molecule has 5 nitrogen and oxygen atoms in total. The Morgan fingerprint density at radius 1 is 1.33 bits per heavy atom. The summed E-state index contributed by atoms with van der Waals surface area (Å²) in [6, 6.07) is 2.09. The molecule has 98 valence electrons. The van der Waals surface area contributed by atoms with Crippen molar-refractivity contribution < 1.29 is 0 Å². The van der Waals surface area contributed by atoms with Crippen LogP contribution in [-0.2, 0) is 0 Å². The second kappa shape index (κ2) is 6.57. The molecule has 0 saturated carbocycles. The van der Waals surface area contributed by atoms with Gasteiger partial charge >= 0.3 is 0 Å². The first-order valence-electron chi connectivity index (χ1n) is 6.42. The van der Waals surface area contributed by atoms with Gasteiger partial charge in [-0.3, -0.25) is 0 Å². The van der Waals surface area contributed by atoms with Crippen molar-refractivity contribution in [1.82, 2.24) is 9.27 Å². The first-order chi connectivity index (χ1) is 8.81. The van der Waals surface area contributed by atoms with E-state index in [-0.39, 0.29) is 0 Å². The van der Waals surface area contributed by atoms with E-state index < -0.39 is 0 Å². The van der Waals surface area contributed by atoms with E-state index in [1.807, 2.05) is 0 Å². The van der Waals surface area contributed by atoms with Crippen molar-refractivity contribution in [2.75, 3.05) is 37.2 Å². The highest BCUT2D eigenvalue weighted by atomic mass is 32.1. The van der Waals surface area contributed by atoms with E-state index in [2.05, 4.69) is 20.7 Å². The highest BCUT2D eigenvalue weighted by Gasteiger charge is 2.12. The number of aromatic nitrogens is 1. The van der Waals surface area contributed by atoms with E-state index in [4.69, 9.17) is 11.0 Å². The Morgan fingerprint density at radius 2 is 2.06 bits per heavy atom. The first kappa shape index (κ1) is 13.1. The molecule has 0 atom stereocenters. The number of anilines is 2. The summed E-state index contributed by atoms with van der Waals surface area (Å²) in [7, 11) is 0. The van der Waals surface area contributed by atoms with Crippen LogP contribution in [0.15, 0.2) is 0 Å². The molecule has 0 unspecified atom stereocenters. The zero-order valence-electron chi connectivity index (χ0n) is 10.5. The number of nitrogens with one attached hydrogen (secondary N) is 1. The predicted octanol–water partition coefficient (Wildman–Crippen LogP) is 1.88. The van der Waals surface area contributed by atoms with Gasteiger partial charge in [-0.05, 0) is 37.5 Å². The lowest BCUT2D eigenvalue weighted by Gasteiger charge is -2.19. The number of nitrogen functional groups attached to an aromatic ring is 1. The van der Waals surface area contributed by atoms with Crippen LogP contribution in [0.25, 0.3) is 0 Å². The van der Waals surface area contributed by atoms with E-state index in [9.17, 15) is 0 Å². The first-order valence-corrected chi connectivity index (χ1v) is 7.20. The number of likely N-dealkylation sites (tertiary alicyclic amines) is 1. The molecule has 1 aliphatic heterocycles. The molecule has 2 heterocycles. The van der Waals surface area contributed by atoms with E-state index in [1.165, 1.54) is 50.3 Å². The van der Waals surface area contributed by atoms with Gasteiger partial charge in [0.25, 0.3) is 0 Å². The lowest BCUT2D eigenvalue weighted by molar-refractivity contribution is 0.296. The van der Waals surface area contributed by atoms with E-state index in [0.717, 1.165) is 18.1 Å². The third-order valence-electron chi connectivity index (χ3n) is 3.24. The molecular formula is C12H19N5S. The second-order valence-corrected chi connectivity index (χ2v) is 5.34. The van der Waals surface area contributed by atoms with Crippen LogP contribution in [0.4, 0.5) is 10.8 Å². The van der Waals surface area contributed by atoms with Crippen molar-refractivity contribution in [2.45, 2.75) is 25.7 Å². The van der Waals surface area contributed by atoms with Crippen molar-refractivity contribution >= 4 is 22.4 Å². The largest absolute Gasteiger partial charge is 0.382 e. The summed E-state index contributed by atoms with van der Waals surface area (Å²) < 4.78 is 3.99. The number of rotatable bonds is 4. The van der Waals surface area contributed by atoms with Gasteiger partial charge in [0.2, 0.25) is 0 Å². The predicted molar refractivity (Wildman–Crippen MR) is 74.6 cm³/mol. The third-order valence-corrected chi connectivity index (χ3v) is 4.06. The fourth-order valence-electron chi connectivity index (χ4n) is 2.22. The fourth-order valence-corrected chi connectivity index (χ4v) is 2.91. The summed E-state index contributed by atoms with van der Waals surface area (Å²) in [6.07, 6.45) is 5.32. The number of nitrogens with two attached hydrogens (primary N) is 1. The van der Waals surface area contributed by atoms with E-state index >= 15 is 0 Å². The average molecular weight is 265 g/mol. The van der Waals surface area contributed by atoms with Gasteiger partial charge in [0.05, 0.1) is 0 Å². The van der Waals surface area contributed by atoms with Gasteiger partial charge in [-0.25, -0.2) is 0 Å². The lowest BCUT2D eigenvalue weighted by atomic mass is 10.2. The Bertz CT molecular complexity index is 415. The number of hydrogen-bond acceptors (Lipinski definition) is 6. The van der Waals surface area contributed by atoms with Crippen molar-refractivity contribution in [3.05, 3.63) is 5.56 Å². The molecule has 0 bridgehead atoms. The monoisotopic (exact) mass is 265 g/mol. The van der Waals surface area contributed by atoms with Crippen molar-refractivity contribution in [2.24, 2.45) is 0 Å². The van der Waals surface area contributed by atoms with Gasteiger partial charge in [0, 0.05) is 13.1 Å². The molecule has 1 aromatic heterocycles. The summed E-state index contributed by atoms with van der Waals surface area (Å²) in [5, 5.41) is 13.0. The molecule has 1 aromatic rings. The van der Waals surface area contributed by atoms with Gasteiger partial charge in [-0.15, -0.1) is 0 Å². The minimum absolute atomic E-state index is 0.333. The average Bonchev–Trinajstić information content (AvgIpc) is 2.58. The van der Waals surface area contributed by atoms with Crippen molar-refractivity contribution in [1.29, 1.82) is 5.26 Å². The third kappa shape index (κ3) is 3.34. The molecule has 0 spiro atoms. The molecule has 0 aliphatic carbocycles. The molecule has 18 heavy (non-hydrogen) atoms. The zero-order chi connectivity index (χ0) is 12.8. The molecule has 0 aromatic carbocycles. The Morgan fingerprint density at radius 3 is 2.72 bits per heavy atom. The highest BCUT2D eigenvalue weighted by Crippen LogP contribution is 2.25. The van der Waals surface area contributed by atoms with Gasteiger partial charge in [0.1, 0.15) is 16.6 Å². The maximum atomic E-state index is 8.96. The van der Waals surface area contributed by atoms with Crippen LogP contribution in [0.5, 0.6) is 0 Å². The molecule has 0 radical (unpaired) electrons. The van der Waals surface area contributed by atoms with Crippen LogP contribution < -0.4 is 11.1 Å². The minimum atomic E-state index is 0.333. The Kier molecular flexibility index (Phi) is 4.79. The van der Waals surface area contributed by atoms with Crippen LogP contribution in [-0.4, -0.2) is 35.5 Å². The van der Waals surface area contributed by atoms with E-state index in [1.54, 1.807) is 0 Å². The lowest BCUT2D eigenvalue weighted by Crippen LogP contribution is -2.29. The Hall–Kier alpha value is -1.32. The summed E-state index contributed by atoms with van der Waals surface area (Å²) in [5.74, 6) is 0.333. The summed E-state index contributed by atoms with van der Waals surface area (Å²) in [4.78, 5) is 2.48. The molecule has 1 fully saturated rings. The molecule has 0 amide bonds. The van der Waals surface area contributed by atoms with Gasteiger partial charge in [-0.2, -0.15) is 9.64 Å². The number of nitriles is 1. The SMILES string of the molecule is N#Cc1c(N)nsc1NCCN1CCCCCC1. The van der Waals surface area contributed by atoms with Crippen LogP contribution in [0, 0.1) is 11.3 Å². The number of nitrogens with zero attached hydrogens (tertiary/aromatic N) is 3. The fraction of sp³-hybridized carbons (Fsp3) is 0.667. The van der Waals surface area contributed by atoms with Crippen LogP contribution in [0.3, 0.4) is 0 Å². The minimum Gasteiger partial charge on any atom is -0.382 e.